The van der Waals surface area contributed by atoms with E-state index in [1.165, 1.54) is 30.7 Å². The van der Waals surface area contributed by atoms with Gasteiger partial charge in [0.2, 0.25) is 5.91 Å². The molecule has 2 aromatic rings. The Kier molecular flexibility index (Phi) is 5.47. The van der Waals surface area contributed by atoms with Gasteiger partial charge in [-0.2, -0.15) is 0 Å². The Bertz CT molecular complexity index is 690. The van der Waals surface area contributed by atoms with Crippen LogP contribution in [-0.2, 0) is 17.8 Å². The van der Waals surface area contributed by atoms with Gasteiger partial charge in [-0.05, 0) is 25.3 Å². The minimum absolute atomic E-state index is 0.0971. The fourth-order valence-electron chi connectivity index (χ4n) is 2.90. The average molecular weight is 349 g/mol. The maximum Gasteiger partial charge on any atom is 0.223 e. The van der Waals surface area contributed by atoms with Crippen LogP contribution in [0.25, 0.3) is 0 Å². The number of halogens is 1. The lowest BCUT2D eigenvalue weighted by atomic mass is 10.0. The van der Waals surface area contributed by atoms with Crippen LogP contribution in [0.2, 0.25) is 0 Å². The number of aromatic nitrogens is 3. The number of thiazole rings is 1. The summed E-state index contributed by atoms with van der Waals surface area (Å²) in [5.41, 5.74) is 0. The van der Waals surface area contributed by atoms with Gasteiger partial charge in [0, 0.05) is 37.5 Å². The first-order chi connectivity index (χ1) is 11.6. The number of anilines is 1. The van der Waals surface area contributed by atoms with Gasteiger partial charge in [-0.1, -0.05) is 0 Å². The molecule has 1 N–H and O–H groups in total. The standard InChI is InChI=1S/C16H20FN5OS/c1-11(23)21-16-20-8-14(24-16)10-22-5-4-12(9-22)2-3-15-18-6-13(17)7-19-15/h6-8,12H,2-5,9-10H2,1H3,(H,20,21,23)/t12-/m0/s1. The van der Waals surface area contributed by atoms with Gasteiger partial charge in [0.15, 0.2) is 10.9 Å². The molecular formula is C16H20FN5OS. The lowest BCUT2D eigenvalue weighted by Gasteiger charge is -2.14. The second-order valence-electron chi connectivity index (χ2n) is 6.06. The largest absolute Gasteiger partial charge is 0.302 e. The highest BCUT2D eigenvalue weighted by Crippen LogP contribution is 2.25. The molecule has 1 aliphatic heterocycles. The van der Waals surface area contributed by atoms with Crippen molar-refractivity contribution in [1.29, 1.82) is 0 Å². The van der Waals surface area contributed by atoms with E-state index >= 15 is 0 Å². The monoisotopic (exact) mass is 349 g/mol. The van der Waals surface area contributed by atoms with Crippen molar-refractivity contribution < 1.29 is 9.18 Å². The van der Waals surface area contributed by atoms with Crippen LogP contribution in [-0.4, -0.2) is 38.8 Å². The number of nitrogens with zero attached hydrogens (tertiary/aromatic N) is 4. The summed E-state index contributed by atoms with van der Waals surface area (Å²) in [6.45, 7) is 4.44. The number of hydrogen-bond acceptors (Lipinski definition) is 6. The fourth-order valence-corrected chi connectivity index (χ4v) is 3.80. The summed E-state index contributed by atoms with van der Waals surface area (Å²) in [5.74, 6) is 0.827. The van der Waals surface area contributed by atoms with E-state index in [1.807, 2.05) is 6.20 Å². The highest BCUT2D eigenvalue weighted by atomic mass is 32.1. The van der Waals surface area contributed by atoms with E-state index in [0.717, 1.165) is 43.8 Å². The third-order valence-corrected chi connectivity index (χ3v) is 4.93. The Balaban J connectivity index is 1.44. The first-order valence-corrected chi connectivity index (χ1v) is 8.81. The fraction of sp³-hybridized carbons (Fsp3) is 0.500. The third kappa shape index (κ3) is 4.78. The Morgan fingerprint density at radius 1 is 1.38 bits per heavy atom. The molecule has 0 spiro atoms. The molecular weight excluding hydrogens is 329 g/mol. The van der Waals surface area contributed by atoms with Crippen LogP contribution < -0.4 is 5.32 Å². The molecule has 0 aromatic carbocycles. The van der Waals surface area contributed by atoms with E-state index in [1.54, 1.807) is 0 Å². The van der Waals surface area contributed by atoms with E-state index in [2.05, 4.69) is 25.2 Å². The Labute approximate surface area is 144 Å². The van der Waals surface area contributed by atoms with Crippen molar-refractivity contribution in [2.24, 2.45) is 5.92 Å². The quantitative estimate of drug-likeness (QED) is 0.867. The van der Waals surface area contributed by atoms with Gasteiger partial charge in [0.25, 0.3) is 0 Å². The Morgan fingerprint density at radius 3 is 2.92 bits per heavy atom. The van der Waals surface area contributed by atoms with Gasteiger partial charge in [0.1, 0.15) is 5.82 Å². The Hall–Kier alpha value is -1.93. The van der Waals surface area contributed by atoms with Crippen molar-refractivity contribution >= 4 is 22.4 Å². The smallest absolute Gasteiger partial charge is 0.223 e. The molecule has 3 rings (SSSR count). The predicted molar refractivity (Wildman–Crippen MR) is 90.1 cm³/mol. The number of nitrogens with one attached hydrogen (secondary N) is 1. The number of rotatable bonds is 6. The normalized spacial score (nSPS) is 18.0. The zero-order valence-corrected chi connectivity index (χ0v) is 14.4. The summed E-state index contributed by atoms with van der Waals surface area (Å²) in [4.78, 5) is 26.8. The molecule has 0 bridgehead atoms. The minimum Gasteiger partial charge on any atom is -0.302 e. The number of hydrogen-bond donors (Lipinski definition) is 1. The topological polar surface area (TPSA) is 71.0 Å². The number of carbonyl (C=O) groups excluding carboxylic acids is 1. The lowest BCUT2D eigenvalue weighted by molar-refractivity contribution is -0.114. The average Bonchev–Trinajstić information content (AvgIpc) is 3.16. The molecule has 1 fully saturated rings. The van der Waals surface area contributed by atoms with Gasteiger partial charge in [-0.25, -0.2) is 19.3 Å². The van der Waals surface area contributed by atoms with Crippen molar-refractivity contribution in [2.45, 2.75) is 32.7 Å². The summed E-state index contributed by atoms with van der Waals surface area (Å²) < 4.78 is 12.8. The van der Waals surface area contributed by atoms with Crippen molar-refractivity contribution in [1.82, 2.24) is 19.9 Å². The minimum atomic E-state index is -0.394. The van der Waals surface area contributed by atoms with Crippen LogP contribution in [0.15, 0.2) is 18.6 Å². The number of amides is 1. The maximum absolute atomic E-state index is 12.8. The summed E-state index contributed by atoms with van der Waals surface area (Å²) in [7, 11) is 0. The molecule has 0 radical (unpaired) electrons. The summed E-state index contributed by atoms with van der Waals surface area (Å²) in [6, 6.07) is 0. The molecule has 1 atom stereocenters. The maximum atomic E-state index is 12.8. The van der Waals surface area contributed by atoms with Crippen LogP contribution in [0.4, 0.5) is 9.52 Å². The second-order valence-corrected chi connectivity index (χ2v) is 7.17. The van der Waals surface area contributed by atoms with E-state index in [4.69, 9.17) is 0 Å². The van der Waals surface area contributed by atoms with Crippen LogP contribution in [0.3, 0.4) is 0 Å². The third-order valence-electron chi connectivity index (χ3n) is 4.04. The number of carbonyl (C=O) groups is 1. The van der Waals surface area contributed by atoms with E-state index < -0.39 is 5.82 Å². The molecule has 24 heavy (non-hydrogen) atoms. The molecule has 1 saturated heterocycles. The lowest BCUT2D eigenvalue weighted by Crippen LogP contribution is -2.19. The molecule has 0 saturated carbocycles. The zero-order valence-electron chi connectivity index (χ0n) is 13.5. The van der Waals surface area contributed by atoms with Gasteiger partial charge < -0.3 is 5.32 Å². The molecule has 128 valence electrons. The van der Waals surface area contributed by atoms with Gasteiger partial charge in [-0.15, -0.1) is 11.3 Å². The summed E-state index contributed by atoms with van der Waals surface area (Å²) >= 11 is 1.52. The molecule has 2 aromatic heterocycles. The molecule has 0 unspecified atom stereocenters. The summed E-state index contributed by atoms with van der Waals surface area (Å²) in [5, 5.41) is 3.37. The van der Waals surface area contributed by atoms with Crippen molar-refractivity contribution in [3.05, 3.63) is 35.1 Å². The van der Waals surface area contributed by atoms with E-state index in [0.29, 0.717) is 16.9 Å². The SMILES string of the molecule is CC(=O)Nc1ncc(CN2CC[C@H](CCc3ncc(F)cn3)C2)s1. The molecule has 0 aliphatic carbocycles. The highest BCUT2D eigenvalue weighted by Gasteiger charge is 2.23. The highest BCUT2D eigenvalue weighted by molar-refractivity contribution is 7.15. The van der Waals surface area contributed by atoms with Crippen LogP contribution in [0.5, 0.6) is 0 Å². The van der Waals surface area contributed by atoms with E-state index in [9.17, 15) is 9.18 Å². The molecule has 3 heterocycles. The van der Waals surface area contributed by atoms with Crippen molar-refractivity contribution in [3.63, 3.8) is 0 Å². The molecule has 1 aliphatic rings. The van der Waals surface area contributed by atoms with Gasteiger partial charge in [-0.3, -0.25) is 9.69 Å². The van der Waals surface area contributed by atoms with Crippen molar-refractivity contribution in [3.8, 4) is 0 Å². The first-order valence-electron chi connectivity index (χ1n) is 7.99. The van der Waals surface area contributed by atoms with Crippen LogP contribution in [0.1, 0.15) is 30.5 Å². The van der Waals surface area contributed by atoms with Gasteiger partial charge >= 0.3 is 0 Å². The number of likely N-dealkylation sites (tertiary alicyclic amines) is 1. The molecule has 1 amide bonds. The zero-order chi connectivity index (χ0) is 16.9. The predicted octanol–water partition coefficient (Wildman–Crippen LogP) is 2.49. The van der Waals surface area contributed by atoms with Gasteiger partial charge in [0.05, 0.1) is 12.4 Å². The number of aryl methyl sites for hydroxylation is 1. The van der Waals surface area contributed by atoms with Crippen LogP contribution in [0, 0.1) is 11.7 Å². The van der Waals surface area contributed by atoms with Crippen LogP contribution >= 0.6 is 11.3 Å². The molecule has 6 nitrogen and oxygen atoms in total. The van der Waals surface area contributed by atoms with Crippen molar-refractivity contribution in [2.75, 3.05) is 18.4 Å². The van der Waals surface area contributed by atoms with E-state index in [-0.39, 0.29) is 5.91 Å². The molecule has 8 heteroatoms. The first kappa shape index (κ1) is 16.9. The summed E-state index contributed by atoms with van der Waals surface area (Å²) in [6.07, 6.45) is 7.22. The Morgan fingerprint density at radius 2 is 2.17 bits per heavy atom. The second kappa shape index (κ2) is 7.76.